The van der Waals surface area contributed by atoms with Crippen molar-refractivity contribution in [2.75, 3.05) is 6.61 Å². The molecule has 0 radical (unpaired) electrons. The lowest BCUT2D eigenvalue weighted by Crippen LogP contribution is -2.44. The van der Waals surface area contributed by atoms with E-state index in [4.69, 9.17) is 21.1 Å². The molecule has 1 aliphatic heterocycles. The van der Waals surface area contributed by atoms with Gasteiger partial charge in [-0.15, -0.1) is 0 Å². The van der Waals surface area contributed by atoms with Gasteiger partial charge in [0.1, 0.15) is 6.61 Å². The molecule has 0 saturated heterocycles. The Hall–Kier alpha value is -4.35. The minimum atomic E-state index is -0.537. The van der Waals surface area contributed by atoms with Gasteiger partial charge in [-0.1, -0.05) is 106 Å². The molecule has 0 saturated carbocycles. The SMILES string of the molecule is CCOc1cc(C2C3=C(CC(C)(C)CC3=O)N(Cc3ccccc3)C3=C2C(=O)CC(C)(C)C3)cc(Cl)c1OCc1c(C)ccc2ccccc12. The van der Waals surface area contributed by atoms with Gasteiger partial charge in [-0.05, 0) is 77.1 Å². The Morgan fingerprint density at radius 3 is 2.04 bits per heavy atom. The van der Waals surface area contributed by atoms with Crippen LogP contribution in [0.15, 0.2) is 101 Å². The zero-order valence-corrected chi connectivity index (χ0v) is 30.7. The molecule has 5 nitrogen and oxygen atoms in total. The van der Waals surface area contributed by atoms with E-state index in [1.807, 2.05) is 49.4 Å². The third-order valence-electron chi connectivity index (χ3n) is 10.5. The quantitative estimate of drug-likeness (QED) is 0.184. The summed E-state index contributed by atoms with van der Waals surface area (Å²) in [5.74, 6) is 0.608. The molecule has 3 aliphatic rings. The molecule has 50 heavy (non-hydrogen) atoms. The predicted molar refractivity (Wildman–Crippen MR) is 200 cm³/mol. The molecule has 0 amide bonds. The molecule has 0 atom stereocenters. The second-order valence-electron chi connectivity index (χ2n) is 15.7. The smallest absolute Gasteiger partial charge is 0.180 e. The van der Waals surface area contributed by atoms with Crippen molar-refractivity contribution in [1.82, 2.24) is 4.90 Å². The van der Waals surface area contributed by atoms with Crippen LogP contribution in [0.5, 0.6) is 11.5 Å². The fourth-order valence-electron chi connectivity index (χ4n) is 8.28. The number of rotatable bonds is 8. The lowest BCUT2D eigenvalue weighted by Gasteiger charge is -2.49. The molecule has 4 aromatic carbocycles. The van der Waals surface area contributed by atoms with Crippen LogP contribution in [0.3, 0.4) is 0 Å². The molecule has 0 aromatic heterocycles. The Morgan fingerprint density at radius 2 is 1.40 bits per heavy atom. The first-order valence-corrected chi connectivity index (χ1v) is 18.1. The first-order chi connectivity index (χ1) is 23.9. The highest BCUT2D eigenvalue weighted by molar-refractivity contribution is 6.32. The molecule has 2 aliphatic carbocycles. The molecule has 6 heteroatoms. The van der Waals surface area contributed by atoms with Crippen LogP contribution in [0.2, 0.25) is 5.02 Å². The Kier molecular flexibility index (Phi) is 8.92. The average Bonchev–Trinajstić information content (AvgIpc) is 3.05. The molecule has 258 valence electrons. The first kappa shape index (κ1) is 34.1. The van der Waals surface area contributed by atoms with Gasteiger partial charge in [0.2, 0.25) is 0 Å². The van der Waals surface area contributed by atoms with E-state index in [1.165, 1.54) is 0 Å². The second kappa shape index (κ2) is 13.1. The maximum Gasteiger partial charge on any atom is 0.180 e. The zero-order valence-electron chi connectivity index (χ0n) is 30.0. The summed E-state index contributed by atoms with van der Waals surface area (Å²) in [5.41, 5.74) is 7.18. The summed E-state index contributed by atoms with van der Waals surface area (Å²) < 4.78 is 12.7. The molecule has 0 spiro atoms. The average molecular weight is 688 g/mol. The van der Waals surface area contributed by atoms with E-state index < -0.39 is 5.92 Å². The lowest BCUT2D eigenvalue weighted by molar-refractivity contribution is -0.119. The van der Waals surface area contributed by atoms with E-state index >= 15 is 0 Å². The van der Waals surface area contributed by atoms with Gasteiger partial charge in [0.05, 0.1) is 11.6 Å². The van der Waals surface area contributed by atoms with E-state index in [-0.39, 0.29) is 22.4 Å². The summed E-state index contributed by atoms with van der Waals surface area (Å²) >= 11 is 7.15. The van der Waals surface area contributed by atoms with Crippen LogP contribution in [-0.2, 0) is 22.7 Å². The molecular formula is C44H46ClNO4. The minimum Gasteiger partial charge on any atom is -0.490 e. The summed E-state index contributed by atoms with van der Waals surface area (Å²) in [7, 11) is 0. The van der Waals surface area contributed by atoms with Gasteiger partial charge in [0.15, 0.2) is 23.1 Å². The highest BCUT2D eigenvalue weighted by Crippen LogP contribution is 2.56. The zero-order chi connectivity index (χ0) is 35.4. The number of ketones is 2. The standard InChI is InChI=1S/C44H46ClNO4/c1-7-49-38-20-30(19-33(45)42(38)50-26-32-27(2)17-18-29-15-11-12-16-31(29)32)39-40-34(21-43(3,4)23-36(40)47)46(25-28-13-9-8-10-14-28)35-22-44(5,6)24-37(48)41(35)39/h8-20,39H,7,21-26H2,1-6H3. The number of benzene rings is 4. The van der Waals surface area contributed by atoms with Crippen LogP contribution in [-0.4, -0.2) is 23.1 Å². The van der Waals surface area contributed by atoms with Crippen molar-refractivity contribution < 1.29 is 19.1 Å². The molecule has 7 rings (SSSR count). The van der Waals surface area contributed by atoms with E-state index in [1.54, 1.807) is 0 Å². The largest absolute Gasteiger partial charge is 0.490 e. The molecule has 0 unspecified atom stereocenters. The number of halogens is 1. The highest BCUT2D eigenvalue weighted by atomic mass is 35.5. The number of ether oxygens (including phenoxy) is 2. The number of Topliss-reactive ketones (excluding diaryl/α,β-unsaturated/α-hetero) is 2. The minimum absolute atomic E-state index is 0.0873. The number of hydrogen-bond donors (Lipinski definition) is 0. The fraction of sp³-hybridized carbons (Fsp3) is 0.364. The van der Waals surface area contributed by atoms with Crippen molar-refractivity contribution in [1.29, 1.82) is 0 Å². The molecule has 0 fully saturated rings. The van der Waals surface area contributed by atoms with Crippen LogP contribution >= 0.6 is 11.6 Å². The topological polar surface area (TPSA) is 55.8 Å². The van der Waals surface area contributed by atoms with Gasteiger partial charge in [-0.25, -0.2) is 0 Å². The molecule has 0 bridgehead atoms. The van der Waals surface area contributed by atoms with Crippen molar-refractivity contribution in [2.45, 2.75) is 86.3 Å². The Balaban J connectivity index is 1.37. The number of aryl methyl sites for hydroxylation is 1. The van der Waals surface area contributed by atoms with E-state index in [0.29, 0.717) is 60.3 Å². The van der Waals surface area contributed by atoms with Crippen LogP contribution in [0.1, 0.15) is 88.5 Å². The summed E-state index contributed by atoms with van der Waals surface area (Å²) in [6.07, 6.45) is 2.31. The van der Waals surface area contributed by atoms with E-state index in [2.05, 4.69) is 75.9 Å². The maximum atomic E-state index is 14.4. The summed E-state index contributed by atoms with van der Waals surface area (Å²) in [6.45, 7) is 14.0. The Morgan fingerprint density at radius 1 is 0.780 bits per heavy atom. The number of carbonyl (C=O) groups is 2. The van der Waals surface area contributed by atoms with Crippen molar-refractivity contribution >= 4 is 33.9 Å². The third-order valence-corrected chi connectivity index (χ3v) is 10.8. The van der Waals surface area contributed by atoms with Crippen molar-refractivity contribution in [3.05, 3.63) is 129 Å². The number of nitrogens with zero attached hydrogens (tertiary/aromatic N) is 1. The normalized spacial score (nSPS) is 18.7. The molecule has 1 heterocycles. The summed E-state index contributed by atoms with van der Waals surface area (Å²) in [4.78, 5) is 31.1. The van der Waals surface area contributed by atoms with Crippen LogP contribution in [0.25, 0.3) is 10.8 Å². The van der Waals surface area contributed by atoms with Gasteiger partial charge in [-0.2, -0.15) is 0 Å². The van der Waals surface area contributed by atoms with Crippen molar-refractivity contribution in [3.63, 3.8) is 0 Å². The molecule has 0 N–H and O–H groups in total. The summed E-state index contributed by atoms with van der Waals surface area (Å²) in [6, 6.07) is 26.7. The maximum absolute atomic E-state index is 14.4. The molecular weight excluding hydrogens is 642 g/mol. The number of carbonyl (C=O) groups excluding carboxylic acids is 2. The fourth-order valence-corrected chi connectivity index (χ4v) is 8.55. The number of allylic oxidation sites excluding steroid dienone is 4. The Labute approximate surface area is 300 Å². The first-order valence-electron chi connectivity index (χ1n) is 17.8. The third kappa shape index (κ3) is 6.37. The van der Waals surface area contributed by atoms with Gasteiger partial charge < -0.3 is 14.4 Å². The number of hydrogen-bond acceptors (Lipinski definition) is 5. The van der Waals surface area contributed by atoms with E-state index in [0.717, 1.165) is 57.3 Å². The van der Waals surface area contributed by atoms with Crippen LogP contribution < -0.4 is 9.47 Å². The molecule has 4 aromatic rings. The number of fused-ring (bicyclic) bond motifs is 1. The second-order valence-corrected chi connectivity index (χ2v) is 16.1. The lowest BCUT2D eigenvalue weighted by atomic mass is 9.63. The van der Waals surface area contributed by atoms with Crippen LogP contribution in [0.4, 0.5) is 0 Å². The van der Waals surface area contributed by atoms with Crippen LogP contribution in [0, 0.1) is 17.8 Å². The Bertz CT molecular complexity index is 2020. The van der Waals surface area contributed by atoms with Crippen molar-refractivity contribution in [3.8, 4) is 11.5 Å². The van der Waals surface area contributed by atoms with Gasteiger partial charge >= 0.3 is 0 Å². The van der Waals surface area contributed by atoms with Gasteiger partial charge in [-0.3, -0.25) is 9.59 Å². The van der Waals surface area contributed by atoms with Gasteiger partial charge in [0.25, 0.3) is 0 Å². The highest BCUT2D eigenvalue weighted by Gasteiger charge is 2.49. The van der Waals surface area contributed by atoms with E-state index in [9.17, 15) is 9.59 Å². The van der Waals surface area contributed by atoms with Crippen molar-refractivity contribution in [2.24, 2.45) is 10.8 Å². The summed E-state index contributed by atoms with van der Waals surface area (Å²) in [5, 5.41) is 2.68. The predicted octanol–water partition coefficient (Wildman–Crippen LogP) is 10.7. The monoisotopic (exact) mass is 687 g/mol. The van der Waals surface area contributed by atoms with Gasteiger partial charge in [0, 0.05) is 53.4 Å².